The maximum atomic E-state index is 14.1. The van der Waals surface area contributed by atoms with Crippen molar-refractivity contribution in [1.29, 1.82) is 0 Å². The first-order valence-electron chi connectivity index (χ1n) is 12.9. The molecule has 2 aromatic carbocycles. The highest BCUT2D eigenvalue weighted by atomic mass is 35.5. The number of hydrogen-bond acceptors (Lipinski definition) is 4. The molecule has 6 nitrogen and oxygen atoms in total. The summed E-state index contributed by atoms with van der Waals surface area (Å²) in [4.78, 5) is 16.1. The molecule has 36 heavy (non-hydrogen) atoms. The van der Waals surface area contributed by atoms with Gasteiger partial charge in [-0.05, 0) is 63.8 Å². The SMILES string of the molecule is COCCCCn1c(C(=O)N(C(C)C)[C@@H]2CCCNC2)cc2cccc(OCc3ccccc3)c21.Cl. The van der Waals surface area contributed by atoms with Gasteiger partial charge in [0.15, 0.2) is 0 Å². The van der Waals surface area contributed by atoms with Gasteiger partial charge in [0.2, 0.25) is 0 Å². The van der Waals surface area contributed by atoms with E-state index in [4.69, 9.17) is 9.47 Å². The lowest BCUT2D eigenvalue weighted by atomic mass is 10.0. The molecule has 0 spiro atoms. The number of piperidine rings is 1. The van der Waals surface area contributed by atoms with Crippen molar-refractivity contribution in [1.82, 2.24) is 14.8 Å². The van der Waals surface area contributed by atoms with E-state index < -0.39 is 0 Å². The predicted molar refractivity (Wildman–Crippen MR) is 148 cm³/mol. The summed E-state index contributed by atoms with van der Waals surface area (Å²) in [5.74, 6) is 0.915. The second-order valence-electron chi connectivity index (χ2n) is 9.66. The van der Waals surface area contributed by atoms with Crippen LogP contribution in [0.4, 0.5) is 0 Å². The highest BCUT2D eigenvalue weighted by Crippen LogP contribution is 2.32. The number of amides is 1. The van der Waals surface area contributed by atoms with Crippen LogP contribution in [0.25, 0.3) is 10.9 Å². The number of benzene rings is 2. The van der Waals surface area contributed by atoms with Crippen LogP contribution < -0.4 is 10.1 Å². The number of aryl methyl sites for hydroxylation is 1. The largest absolute Gasteiger partial charge is 0.487 e. The van der Waals surface area contributed by atoms with E-state index in [-0.39, 0.29) is 30.4 Å². The van der Waals surface area contributed by atoms with Crippen molar-refractivity contribution in [3.8, 4) is 5.75 Å². The standard InChI is InChI=1S/C29H39N3O3.ClH/c1-22(2)32(25-14-10-16-30-20-25)29(33)26-19-24-13-9-15-27(35-21-23-11-5-4-6-12-23)28(24)31(26)17-7-8-18-34-3;/h4-6,9,11-13,15,19,22,25,30H,7-8,10,14,16-18,20-21H2,1-3H3;1H/t25-;/m1./s1. The number of nitrogens with one attached hydrogen (secondary N) is 1. The minimum atomic E-state index is 0. The number of para-hydroxylation sites is 1. The molecular formula is C29H40ClN3O3. The first kappa shape index (κ1) is 28.0. The Morgan fingerprint density at radius 3 is 2.64 bits per heavy atom. The van der Waals surface area contributed by atoms with Crippen molar-refractivity contribution in [2.24, 2.45) is 0 Å². The molecule has 1 N–H and O–H groups in total. The van der Waals surface area contributed by atoms with Gasteiger partial charge in [0.25, 0.3) is 5.91 Å². The monoisotopic (exact) mass is 513 g/mol. The molecular weight excluding hydrogens is 474 g/mol. The Morgan fingerprint density at radius 1 is 1.14 bits per heavy atom. The molecule has 1 atom stereocenters. The molecule has 3 aromatic rings. The Hall–Kier alpha value is -2.54. The average molecular weight is 514 g/mol. The highest BCUT2D eigenvalue weighted by Gasteiger charge is 2.31. The van der Waals surface area contributed by atoms with Crippen LogP contribution in [0.15, 0.2) is 54.6 Å². The Morgan fingerprint density at radius 2 is 1.94 bits per heavy atom. The average Bonchev–Trinajstić information content (AvgIpc) is 3.26. The van der Waals surface area contributed by atoms with Gasteiger partial charge in [-0.15, -0.1) is 12.4 Å². The highest BCUT2D eigenvalue weighted by molar-refractivity contribution is 6.00. The number of aromatic nitrogens is 1. The van der Waals surface area contributed by atoms with E-state index >= 15 is 0 Å². The van der Waals surface area contributed by atoms with E-state index in [1.807, 2.05) is 30.3 Å². The third-order valence-electron chi connectivity index (χ3n) is 6.77. The summed E-state index contributed by atoms with van der Waals surface area (Å²) in [5, 5.41) is 4.51. The zero-order chi connectivity index (χ0) is 24.6. The van der Waals surface area contributed by atoms with Crippen LogP contribution >= 0.6 is 12.4 Å². The van der Waals surface area contributed by atoms with E-state index in [0.717, 1.165) is 73.2 Å². The maximum Gasteiger partial charge on any atom is 0.271 e. The summed E-state index contributed by atoms with van der Waals surface area (Å²) < 4.78 is 13.8. The first-order valence-corrected chi connectivity index (χ1v) is 12.9. The second-order valence-corrected chi connectivity index (χ2v) is 9.66. The van der Waals surface area contributed by atoms with Crippen LogP contribution in [-0.2, 0) is 17.9 Å². The van der Waals surface area contributed by atoms with Crippen molar-refractivity contribution in [3.05, 3.63) is 65.9 Å². The minimum Gasteiger partial charge on any atom is -0.487 e. The lowest BCUT2D eigenvalue weighted by molar-refractivity contribution is 0.0562. The molecule has 1 aliphatic rings. The van der Waals surface area contributed by atoms with E-state index in [1.54, 1.807) is 7.11 Å². The number of ether oxygens (including phenoxy) is 2. The minimum absolute atomic E-state index is 0. The zero-order valence-electron chi connectivity index (χ0n) is 21.7. The summed E-state index contributed by atoms with van der Waals surface area (Å²) in [7, 11) is 1.73. The topological polar surface area (TPSA) is 55.7 Å². The number of unbranched alkanes of at least 4 members (excludes halogenated alkanes) is 1. The first-order chi connectivity index (χ1) is 17.1. The van der Waals surface area contributed by atoms with Crippen molar-refractivity contribution in [2.45, 2.75) is 64.8 Å². The molecule has 1 fully saturated rings. The second kappa shape index (κ2) is 13.7. The van der Waals surface area contributed by atoms with Crippen LogP contribution in [-0.4, -0.2) is 54.3 Å². The normalized spacial score (nSPS) is 15.6. The van der Waals surface area contributed by atoms with Crippen molar-refractivity contribution in [2.75, 3.05) is 26.8 Å². The molecule has 1 amide bonds. The fourth-order valence-corrected chi connectivity index (χ4v) is 5.09. The fourth-order valence-electron chi connectivity index (χ4n) is 5.09. The molecule has 1 aliphatic heterocycles. The molecule has 4 rings (SSSR count). The van der Waals surface area contributed by atoms with Gasteiger partial charge in [-0.2, -0.15) is 0 Å². The van der Waals surface area contributed by atoms with Gasteiger partial charge in [-0.25, -0.2) is 0 Å². The van der Waals surface area contributed by atoms with Crippen LogP contribution in [0, 0.1) is 0 Å². The summed E-state index contributed by atoms with van der Waals surface area (Å²) in [5.41, 5.74) is 2.86. The third kappa shape index (κ3) is 6.61. The van der Waals surface area contributed by atoms with E-state index in [1.165, 1.54) is 0 Å². The van der Waals surface area contributed by atoms with Gasteiger partial charge < -0.3 is 24.3 Å². The van der Waals surface area contributed by atoms with E-state index in [0.29, 0.717) is 13.2 Å². The molecule has 196 valence electrons. The quantitative estimate of drug-likeness (QED) is 0.335. The van der Waals surface area contributed by atoms with Crippen molar-refractivity contribution < 1.29 is 14.3 Å². The lowest BCUT2D eigenvalue weighted by Crippen LogP contribution is -2.52. The van der Waals surface area contributed by atoms with Gasteiger partial charge >= 0.3 is 0 Å². The maximum absolute atomic E-state index is 14.1. The molecule has 0 radical (unpaired) electrons. The fraction of sp³-hybridized carbons (Fsp3) is 0.483. The lowest BCUT2D eigenvalue weighted by Gasteiger charge is -2.37. The molecule has 0 saturated carbocycles. The molecule has 2 heterocycles. The Kier molecular flexibility index (Phi) is 10.7. The van der Waals surface area contributed by atoms with E-state index in [2.05, 4.69) is 52.9 Å². The Balaban J connectivity index is 0.00000361. The van der Waals surface area contributed by atoms with Gasteiger partial charge in [0.1, 0.15) is 18.1 Å². The number of hydrogen-bond donors (Lipinski definition) is 1. The van der Waals surface area contributed by atoms with Gasteiger partial charge in [0.05, 0.1) is 5.52 Å². The Labute approximate surface area is 221 Å². The number of carbonyl (C=O) groups excluding carboxylic acids is 1. The molecule has 0 bridgehead atoms. The molecule has 1 aromatic heterocycles. The van der Waals surface area contributed by atoms with Gasteiger partial charge in [0, 0.05) is 44.3 Å². The number of rotatable bonds is 11. The van der Waals surface area contributed by atoms with Crippen LogP contribution in [0.2, 0.25) is 0 Å². The van der Waals surface area contributed by atoms with Gasteiger partial charge in [-0.1, -0.05) is 42.5 Å². The molecule has 0 unspecified atom stereocenters. The van der Waals surface area contributed by atoms with Crippen molar-refractivity contribution in [3.63, 3.8) is 0 Å². The summed E-state index contributed by atoms with van der Waals surface area (Å²) in [6, 6.07) is 18.7. The molecule has 1 saturated heterocycles. The van der Waals surface area contributed by atoms with E-state index in [9.17, 15) is 4.79 Å². The number of halogens is 1. The van der Waals surface area contributed by atoms with Crippen LogP contribution in [0.3, 0.4) is 0 Å². The predicted octanol–water partition coefficient (Wildman–Crippen LogP) is 5.67. The van der Waals surface area contributed by atoms with Gasteiger partial charge in [-0.3, -0.25) is 4.79 Å². The Bertz CT molecular complexity index is 1090. The van der Waals surface area contributed by atoms with Crippen LogP contribution in [0.5, 0.6) is 5.75 Å². The number of fused-ring (bicyclic) bond motifs is 1. The smallest absolute Gasteiger partial charge is 0.271 e. The zero-order valence-corrected chi connectivity index (χ0v) is 22.6. The molecule has 7 heteroatoms. The third-order valence-corrected chi connectivity index (χ3v) is 6.77. The summed E-state index contributed by atoms with van der Waals surface area (Å²) in [6.45, 7) is 8.06. The number of methoxy groups -OCH3 is 1. The number of nitrogens with zero attached hydrogens (tertiary/aromatic N) is 2. The molecule has 0 aliphatic carbocycles. The van der Waals surface area contributed by atoms with Crippen LogP contribution in [0.1, 0.15) is 55.6 Å². The summed E-state index contributed by atoms with van der Waals surface area (Å²) in [6.07, 6.45) is 4.00. The number of carbonyl (C=O) groups is 1. The summed E-state index contributed by atoms with van der Waals surface area (Å²) >= 11 is 0. The van der Waals surface area contributed by atoms with Crippen molar-refractivity contribution >= 4 is 29.2 Å².